The second-order valence-corrected chi connectivity index (χ2v) is 5.58. The van der Waals surface area contributed by atoms with Gasteiger partial charge in [0.2, 0.25) is 5.78 Å². The highest BCUT2D eigenvalue weighted by Crippen LogP contribution is 2.41. The van der Waals surface area contributed by atoms with Crippen LogP contribution in [-0.4, -0.2) is 18.9 Å². The summed E-state index contributed by atoms with van der Waals surface area (Å²) in [5.41, 5.74) is 1.23. The number of carbonyl (C=O) groups is 2. The lowest BCUT2D eigenvalue weighted by molar-refractivity contribution is -0.154. The number of hydrogen-bond donors (Lipinski definition) is 0. The Morgan fingerprint density at radius 1 is 1.26 bits per heavy atom. The number of carbonyl (C=O) groups excluding carboxylic acids is 2. The SMILES string of the molecule is COC(=O)C(=O)[C@H]1CCC[C@@](C)(c2ccccc2)C1. The first-order valence-electron chi connectivity index (χ1n) is 6.74. The van der Waals surface area contributed by atoms with Crippen LogP contribution in [0.2, 0.25) is 0 Å². The molecule has 0 saturated heterocycles. The molecule has 0 radical (unpaired) electrons. The summed E-state index contributed by atoms with van der Waals surface area (Å²) in [4.78, 5) is 23.4. The van der Waals surface area contributed by atoms with E-state index in [-0.39, 0.29) is 17.1 Å². The fraction of sp³-hybridized carbons (Fsp3) is 0.500. The third-order valence-electron chi connectivity index (χ3n) is 4.21. The molecule has 0 heterocycles. The largest absolute Gasteiger partial charge is 0.463 e. The van der Waals surface area contributed by atoms with Crippen LogP contribution in [0.25, 0.3) is 0 Å². The number of hydrogen-bond acceptors (Lipinski definition) is 3. The number of ketones is 1. The molecule has 0 N–H and O–H groups in total. The van der Waals surface area contributed by atoms with Gasteiger partial charge in [-0.2, -0.15) is 0 Å². The molecule has 0 aliphatic heterocycles. The summed E-state index contributed by atoms with van der Waals surface area (Å²) in [5.74, 6) is -1.28. The Morgan fingerprint density at radius 2 is 1.95 bits per heavy atom. The summed E-state index contributed by atoms with van der Waals surface area (Å²) in [6.45, 7) is 2.18. The normalized spacial score (nSPS) is 26.7. The Morgan fingerprint density at radius 3 is 2.58 bits per heavy atom. The highest BCUT2D eigenvalue weighted by Gasteiger charge is 2.38. The zero-order valence-corrected chi connectivity index (χ0v) is 11.5. The first kappa shape index (κ1) is 13.8. The Kier molecular flexibility index (Phi) is 4.03. The van der Waals surface area contributed by atoms with E-state index in [1.54, 1.807) is 0 Å². The molecule has 2 rings (SSSR count). The molecule has 0 bridgehead atoms. The van der Waals surface area contributed by atoms with Gasteiger partial charge in [-0.3, -0.25) is 4.79 Å². The average Bonchev–Trinajstić information content (AvgIpc) is 2.46. The van der Waals surface area contributed by atoms with E-state index < -0.39 is 5.97 Å². The predicted octanol–water partition coefficient (Wildman–Crippen LogP) is 2.88. The Labute approximate surface area is 114 Å². The van der Waals surface area contributed by atoms with Gasteiger partial charge in [-0.1, -0.05) is 43.7 Å². The lowest BCUT2D eigenvalue weighted by Crippen LogP contribution is -2.36. The van der Waals surface area contributed by atoms with Crippen molar-refractivity contribution in [3.8, 4) is 0 Å². The summed E-state index contributed by atoms with van der Waals surface area (Å²) in [6.07, 6.45) is 3.54. The first-order chi connectivity index (χ1) is 9.07. The van der Waals surface area contributed by atoms with Gasteiger partial charge >= 0.3 is 5.97 Å². The van der Waals surface area contributed by atoms with Crippen LogP contribution >= 0.6 is 0 Å². The molecule has 0 spiro atoms. The second kappa shape index (κ2) is 5.55. The van der Waals surface area contributed by atoms with Crippen LogP contribution in [0.3, 0.4) is 0 Å². The zero-order chi connectivity index (χ0) is 13.9. The topological polar surface area (TPSA) is 43.4 Å². The van der Waals surface area contributed by atoms with E-state index in [9.17, 15) is 9.59 Å². The molecule has 1 aliphatic carbocycles. The number of Topliss-reactive ketones (excluding diaryl/α,β-unsaturated/α-hetero) is 1. The standard InChI is InChI=1S/C16H20O3/c1-16(13-8-4-3-5-9-13)10-6-7-12(11-16)14(17)15(18)19-2/h3-5,8-9,12H,6-7,10-11H2,1-2H3/t12-,16+/m0/s1. The third-order valence-corrected chi connectivity index (χ3v) is 4.21. The van der Waals surface area contributed by atoms with Gasteiger partial charge in [0.1, 0.15) is 0 Å². The quantitative estimate of drug-likeness (QED) is 0.620. The summed E-state index contributed by atoms with van der Waals surface area (Å²) >= 11 is 0. The van der Waals surface area contributed by atoms with E-state index in [0.717, 1.165) is 25.7 Å². The molecule has 1 aliphatic rings. The highest BCUT2D eigenvalue weighted by atomic mass is 16.5. The number of methoxy groups -OCH3 is 1. The second-order valence-electron chi connectivity index (χ2n) is 5.58. The van der Waals surface area contributed by atoms with Gasteiger partial charge in [-0.05, 0) is 30.2 Å². The van der Waals surface area contributed by atoms with Crippen molar-refractivity contribution >= 4 is 11.8 Å². The van der Waals surface area contributed by atoms with Crippen LogP contribution in [-0.2, 0) is 19.7 Å². The predicted molar refractivity (Wildman–Crippen MR) is 72.8 cm³/mol. The van der Waals surface area contributed by atoms with Crippen molar-refractivity contribution in [1.82, 2.24) is 0 Å². The van der Waals surface area contributed by atoms with Crippen LogP contribution in [0, 0.1) is 5.92 Å². The summed E-state index contributed by atoms with van der Waals surface area (Å²) in [7, 11) is 1.26. The van der Waals surface area contributed by atoms with E-state index in [2.05, 4.69) is 23.8 Å². The minimum absolute atomic E-state index is 0.0200. The first-order valence-corrected chi connectivity index (χ1v) is 6.74. The smallest absolute Gasteiger partial charge is 0.374 e. The minimum Gasteiger partial charge on any atom is -0.463 e. The molecule has 3 heteroatoms. The van der Waals surface area contributed by atoms with Gasteiger partial charge in [-0.15, -0.1) is 0 Å². The molecule has 19 heavy (non-hydrogen) atoms. The zero-order valence-electron chi connectivity index (χ0n) is 11.5. The van der Waals surface area contributed by atoms with Crippen molar-refractivity contribution in [3.63, 3.8) is 0 Å². The Hall–Kier alpha value is -1.64. The van der Waals surface area contributed by atoms with Crippen LogP contribution in [0.5, 0.6) is 0 Å². The molecule has 2 atom stereocenters. The van der Waals surface area contributed by atoms with Gasteiger partial charge < -0.3 is 4.74 Å². The monoisotopic (exact) mass is 260 g/mol. The summed E-state index contributed by atoms with van der Waals surface area (Å²) < 4.78 is 4.55. The van der Waals surface area contributed by atoms with Crippen molar-refractivity contribution in [3.05, 3.63) is 35.9 Å². The molecule has 1 fully saturated rings. The molecule has 0 amide bonds. The minimum atomic E-state index is -0.706. The number of esters is 1. The molecule has 102 valence electrons. The molecule has 1 saturated carbocycles. The molecule has 0 aromatic heterocycles. The van der Waals surface area contributed by atoms with Crippen LogP contribution < -0.4 is 0 Å². The van der Waals surface area contributed by atoms with Crippen molar-refractivity contribution in [2.24, 2.45) is 5.92 Å². The van der Waals surface area contributed by atoms with Gasteiger partial charge in [0, 0.05) is 5.92 Å². The maximum Gasteiger partial charge on any atom is 0.374 e. The van der Waals surface area contributed by atoms with E-state index >= 15 is 0 Å². The molecule has 0 unspecified atom stereocenters. The lowest BCUT2D eigenvalue weighted by atomic mass is 9.66. The van der Waals surface area contributed by atoms with E-state index in [0.29, 0.717) is 0 Å². The van der Waals surface area contributed by atoms with Crippen LogP contribution in [0.15, 0.2) is 30.3 Å². The van der Waals surface area contributed by atoms with E-state index in [4.69, 9.17) is 0 Å². The van der Waals surface area contributed by atoms with Crippen LogP contribution in [0.1, 0.15) is 38.2 Å². The van der Waals surface area contributed by atoms with Gasteiger partial charge in [-0.25, -0.2) is 4.79 Å². The van der Waals surface area contributed by atoms with Gasteiger partial charge in [0.05, 0.1) is 7.11 Å². The fourth-order valence-corrected chi connectivity index (χ4v) is 3.08. The third kappa shape index (κ3) is 2.86. The van der Waals surface area contributed by atoms with Gasteiger partial charge in [0.25, 0.3) is 0 Å². The summed E-state index contributed by atoms with van der Waals surface area (Å²) in [5, 5.41) is 0. The van der Waals surface area contributed by atoms with Gasteiger partial charge in [0.15, 0.2) is 0 Å². The lowest BCUT2D eigenvalue weighted by Gasteiger charge is -2.37. The van der Waals surface area contributed by atoms with E-state index in [1.165, 1.54) is 12.7 Å². The number of ether oxygens (including phenoxy) is 1. The van der Waals surface area contributed by atoms with Crippen molar-refractivity contribution in [2.45, 2.75) is 38.0 Å². The Bertz CT molecular complexity index is 466. The average molecular weight is 260 g/mol. The fourth-order valence-electron chi connectivity index (χ4n) is 3.08. The van der Waals surface area contributed by atoms with Crippen LogP contribution in [0.4, 0.5) is 0 Å². The molecule has 3 nitrogen and oxygen atoms in total. The van der Waals surface area contributed by atoms with Crippen molar-refractivity contribution in [1.29, 1.82) is 0 Å². The maximum absolute atomic E-state index is 12.0. The summed E-state index contributed by atoms with van der Waals surface area (Å²) in [6, 6.07) is 10.2. The molecule has 1 aromatic rings. The molecule has 1 aromatic carbocycles. The molecular weight excluding hydrogens is 240 g/mol. The van der Waals surface area contributed by atoms with Crippen molar-refractivity contribution in [2.75, 3.05) is 7.11 Å². The highest BCUT2D eigenvalue weighted by molar-refractivity contribution is 6.34. The van der Waals surface area contributed by atoms with E-state index in [1.807, 2.05) is 18.2 Å². The number of rotatable bonds is 3. The molecular formula is C16H20O3. The number of benzene rings is 1. The van der Waals surface area contributed by atoms with Crippen molar-refractivity contribution < 1.29 is 14.3 Å². The maximum atomic E-state index is 12.0. The Balaban J connectivity index is 2.17.